The van der Waals surface area contributed by atoms with Gasteiger partial charge in [0.2, 0.25) is 0 Å². The number of imidazole rings is 1. The van der Waals surface area contributed by atoms with Crippen LogP contribution in [-0.4, -0.2) is 35.2 Å². The van der Waals surface area contributed by atoms with Crippen LogP contribution in [-0.2, 0) is 17.8 Å². The van der Waals surface area contributed by atoms with E-state index in [9.17, 15) is 4.79 Å². The SMILES string of the molecule is Cc1ccc(C)c(OCCCn2c(CCCCCNC(=O)COc3cc(C)ccc3C)nc3ccccc32)c1. The molecule has 0 saturated heterocycles. The van der Waals surface area contributed by atoms with Gasteiger partial charge in [0.1, 0.15) is 17.3 Å². The molecule has 0 radical (unpaired) electrons. The third kappa shape index (κ3) is 8.09. The Hall–Kier alpha value is -3.80. The first-order chi connectivity index (χ1) is 18.9. The average Bonchev–Trinajstić information content (AvgIpc) is 3.28. The summed E-state index contributed by atoms with van der Waals surface area (Å²) in [6.07, 6.45) is 4.81. The first-order valence-corrected chi connectivity index (χ1v) is 14.0. The van der Waals surface area contributed by atoms with Crippen molar-refractivity contribution in [2.24, 2.45) is 0 Å². The molecule has 0 aliphatic rings. The van der Waals surface area contributed by atoms with Crippen LogP contribution in [0.25, 0.3) is 11.0 Å². The van der Waals surface area contributed by atoms with Crippen molar-refractivity contribution in [3.8, 4) is 11.5 Å². The van der Waals surface area contributed by atoms with Crippen LogP contribution in [0.3, 0.4) is 0 Å². The summed E-state index contributed by atoms with van der Waals surface area (Å²) in [4.78, 5) is 17.1. The van der Waals surface area contributed by atoms with Crippen molar-refractivity contribution in [2.75, 3.05) is 19.8 Å². The molecule has 0 aliphatic carbocycles. The highest BCUT2D eigenvalue weighted by Gasteiger charge is 2.11. The Kier molecular flexibility index (Phi) is 10.0. The van der Waals surface area contributed by atoms with Gasteiger partial charge in [0.25, 0.3) is 5.91 Å². The minimum Gasteiger partial charge on any atom is -0.493 e. The summed E-state index contributed by atoms with van der Waals surface area (Å²) < 4.78 is 14.1. The standard InChI is InChI=1S/C33H41N3O3/c1-24-14-16-26(3)30(21-24)38-20-10-19-36-29-12-8-7-11-28(29)35-32(36)13-6-5-9-18-34-33(37)23-39-31-22-25(2)15-17-27(31)4/h7-8,11-12,14-17,21-22H,5-6,9-10,13,18-20,23H2,1-4H3,(H,34,37). The number of fused-ring (bicyclic) bond motifs is 1. The van der Waals surface area contributed by atoms with E-state index in [0.29, 0.717) is 13.2 Å². The van der Waals surface area contributed by atoms with E-state index in [1.807, 2.05) is 38.1 Å². The van der Waals surface area contributed by atoms with E-state index in [4.69, 9.17) is 14.5 Å². The number of unbranched alkanes of at least 4 members (excludes halogenated alkanes) is 2. The van der Waals surface area contributed by atoms with Gasteiger partial charge in [-0.1, -0.05) is 42.8 Å². The maximum atomic E-state index is 12.2. The molecular weight excluding hydrogens is 486 g/mol. The first kappa shape index (κ1) is 28.2. The molecule has 3 aromatic carbocycles. The number of nitrogens with one attached hydrogen (secondary N) is 1. The first-order valence-electron chi connectivity index (χ1n) is 14.0. The number of aryl methyl sites for hydroxylation is 6. The maximum absolute atomic E-state index is 12.2. The largest absolute Gasteiger partial charge is 0.493 e. The zero-order valence-corrected chi connectivity index (χ0v) is 23.8. The summed E-state index contributed by atoms with van der Waals surface area (Å²) in [6.45, 7) is 10.4. The number of carbonyl (C=O) groups is 1. The van der Waals surface area contributed by atoms with Crippen LogP contribution < -0.4 is 14.8 Å². The summed E-state index contributed by atoms with van der Waals surface area (Å²) in [5.74, 6) is 2.77. The van der Waals surface area contributed by atoms with Gasteiger partial charge in [0.05, 0.1) is 17.6 Å². The fourth-order valence-electron chi connectivity index (χ4n) is 4.70. The highest BCUT2D eigenvalue weighted by atomic mass is 16.5. The van der Waals surface area contributed by atoms with Gasteiger partial charge in [-0.25, -0.2) is 4.98 Å². The Morgan fingerprint density at radius 1 is 0.821 bits per heavy atom. The summed E-state index contributed by atoms with van der Waals surface area (Å²) >= 11 is 0. The van der Waals surface area contributed by atoms with E-state index >= 15 is 0 Å². The molecule has 1 aromatic heterocycles. The van der Waals surface area contributed by atoms with Crippen LogP contribution in [0.5, 0.6) is 11.5 Å². The lowest BCUT2D eigenvalue weighted by Gasteiger charge is -2.12. The predicted octanol–water partition coefficient (Wildman–Crippen LogP) is 6.65. The monoisotopic (exact) mass is 527 g/mol. The Labute approximate surface area is 232 Å². The molecule has 0 spiro atoms. The van der Waals surface area contributed by atoms with Crippen molar-refractivity contribution in [1.82, 2.24) is 14.9 Å². The van der Waals surface area contributed by atoms with Crippen molar-refractivity contribution in [3.63, 3.8) is 0 Å². The highest BCUT2D eigenvalue weighted by Crippen LogP contribution is 2.21. The summed E-state index contributed by atoms with van der Waals surface area (Å²) in [6, 6.07) is 20.7. The number of rotatable bonds is 14. The number of ether oxygens (including phenoxy) is 2. The van der Waals surface area contributed by atoms with E-state index in [-0.39, 0.29) is 12.5 Å². The lowest BCUT2D eigenvalue weighted by molar-refractivity contribution is -0.123. The minimum absolute atomic E-state index is 0.0431. The molecule has 6 heteroatoms. The number of hydrogen-bond acceptors (Lipinski definition) is 4. The van der Waals surface area contributed by atoms with Crippen LogP contribution in [0, 0.1) is 27.7 Å². The molecule has 39 heavy (non-hydrogen) atoms. The van der Waals surface area contributed by atoms with Gasteiger partial charge in [-0.15, -0.1) is 0 Å². The zero-order chi connectivity index (χ0) is 27.6. The van der Waals surface area contributed by atoms with E-state index in [0.717, 1.165) is 72.6 Å². The molecule has 1 amide bonds. The van der Waals surface area contributed by atoms with E-state index in [1.165, 1.54) is 16.6 Å². The van der Waals surface area contributed by atoms with Crippen molar-refractivity contribution in [3.05, 3.63) is 88.7 Å². The number of para-hydroxylation sites is 2. The molecule has 0 saturated carbocycles. The summed E-state index contributed by atoms with van der Waals surface area (Å²) in [5.41, 5.74) is 6.75. The molecule has 4 aromatic rings. The number of aromatic nitrogens is 2. The molecule has 0 aliphatic heterocycles. The molecule has 1 heterocycles. The Morgan fingerprint density at radius 3 is 2.26 bits per heavy atom. The van der Waals surface area contributed by atoms with Crippen LogP contribution >= 0.6 is 0 Å². The van der Waals surface area contributed by atoms with E-state index in [2.05, 4.69) is 60.1 Å². The average molecular weight is 528 g/mol. The van der Waals surface area contributed by atoms with Crippen molar-refractivity contribution < 1.29 is 14.3 Å². The normalized spacial score (nSPS) is 11.1. The fourth-order valence-corrected chi connectivity index (χ4v) is 4.70. The fraction of sp³-hybridized carbons (Fsp3) is 0.394. The van der Waals surface area contributed by atoms with Crippen molar-refractivity contribution in [2.45, 2.75) is 66.3 Å². The van der Waals surface area contributed by atoms with Gasteiger partial charge in [-0.3, -0.25) is 4.79 Å². The second-order valence-corrected chi connectivity index (χ2v) is 10.4. The van der Waals surface area contributed by atoms with Crippen molar-refractivity contribution in [1.29, 1.82) is 0 Å². The number of benzene rings is 3. The molecule has 206 valence electrons. The van der Waals surface area contributed by atoms with Gasteiger partial charge in [-0.05, 0) is 93.5 Å². The molecule has 0 bridgehead atoms. The number of nitrogens with zero attached hydrogens (tertiary/aromatic N) is 2. The number of hydrogen-bond donors (Lipinski definition) is 1. The maximum Gasteiger partial charge on any atom is 0.257 e. The molecule has 4 rings (SSSR count). The lowest BCUT2D eigenvalue weighted by atomic mass is 10.1. The number of amides is 1. The summed E-state index contributed by atoms with van der Waals surface area (Å²) in [7, 11) is 0. The number of carbonyl (C=O) groups excluding carboxylic acids is 1. The van der Waals surface area contributed by atoms with Crippen LogP contribution in [0.4, 0.5) is 0 Å². The predicted molar refractivity (Wildman–Crippen MR) is 158 cm³/mol. The van der Waals surface area contributed by atoms with Crippen LogP contribution in [0.15, 0.2) is 60.7 Å². The Bertz CT molecular complexity index is 1390. The van der Waals surface area contributed by atoms with Crippen molar-refractivity contribution >= 4 is 16.9 Å². The summed E-state index contributed by atoms with van der Waals surface area (Å²) in [5, 5.41) is 2.98. The van der Waals surface area contributed by atoms with Gasteiger partial charge in [-0.2, -0.15) is 0 Å². The van der Waals surface area contributed by atoms with Crippen LogP contribution in [0.2, 0.25) is 0 Å². The van der Waals surface area contributed by atoms with Gasteiger partial charge >= 0.3 is 0 Å². The topological polar surface area (TPSA) is 65.4 Å². The molecule has 0 atom stereocenters. The quantitative estimate of drug-likeness (QED) is 0.187. The molecule has 6 nitrogen and oxygen atoms in total. The lowest BCUT2D eigenvalue weighted by Crippen LogP contribution is -2.29. The molecule has 1 N–H and O–H groups in total. The van der Waals surface area contributed by atoms with Gasteiger partial charge in [0.15, 0.2) is 6.61 Å². The Morgan fingerprint density at radius 2 is 1.51 bits per heavy atom. The third-order valence-corrected chi connectivity index (χ3v) is 6.96. The molecule has 0 fully saturated rings. The smallest absolute Gasteiger partial charge is 0.257 e. The van der Waals surface area contributed by atoms with Crippen LogP contribution in [0.1, 0.15) is 53.8 Å². The third-order valence-electron chi connectivity index (χ3n) is 6.96. The second-order valence-electron chi connectivity index (χ2n) is 10.4. The Balaban J connectivity index is 1.20. The highest BCUT2D eigenvalue weighted by molar-refractivity contribution is 5.77. The van der Waals surface area contributed by atoms with E-state index < -0.39 is 0 Å². The minimum atomic E-state index is -0.0826. The molecular formula is C33H41N3O3. The zero-order valence-electron chi connectivity index (χ0n) is 23.8. The second kappa shape index (κ2) is 13.8. The van der Waals surface area contributed by atoms with E-state index in [1.54, 1.807) is 0 Å². The van der Waals surface area contributed by atoms with Gasteiger partial charge in [0, 0.05) is 19.5 Å². The molecule has 0 unspecified atom stereocenters. The van der Waals surface area contributed by atoms with Gasteiger partial charge < -0.3 is 19.4 Å².